The van der Waals surface area contributed by atoms with Crippen molar-refractivity contribution in [2.24, 2.45) is 0 Å². The maximum atomic E-state index is 12.6. The van der Waals surface area contributed by atoms with Gasteiger partial charge >= 0.3 is 12.1 Å². The first-order valence-corrected chi connectivity index (χ1v) is 12.4. The van der Waals surface area contributed by atoms with Gasteiger partial charge in [0.15, 0.2) is 17.6 Å². The second-order valence-electron chi connectivity index (χ2n) is 11.0. The van der Waals surface area contributed by atoms with E-state index < -0.39 is 34.8 Å². The molecule has 2 bridgehead atoms. The summed E-state index contributed by atoms with van der Waals surface area (Å²) in [7, 11) is 2.03. The third-order valence-corrected chi connectivity index (χ3v) is 7.68. The van der Waals surface area contributed by atoms with Crippen LogP contribution in [-0.4, -0.2) is 59.1 Å². The summed E-state index contributed by atoms with van der Waals surface area (Å²) in [6, 6.07) is 3.51. The van der Waals surface area contributed by atoms with Gasteiger partial charge < -0.3 is 29.0 Å². The molecule has 36 heavy (non-hydrogen) atoms. The van der Waals surface area contributed by atoms with Gasteiger partial charge in [0.1, 0.15) is 11.4 Å². The molecule has 0 saturated carbocycles. The van der Waals surface area contributed by atoms with E-state index in [2.05, 4.69) is 4.90 Å². The van der Waals surface area contributed by atoms with Crippen LogP contribution in [0.15, 0.2) is 48.3 Å². The number of allylic oxidation sites excluding steroid dienone is 3. The van der Waals surface area contributed by atoms with Gasteiger partial charge in [0.05, 0.1) is 11.0 Å². The van der Waals surface area contributed by atoms with E-state index in [-0.39, 0.29) is 11.8 Å². The molecule has 1 N–H and O–H groups in total. The molecule has 8 heteroatoms. The molecule has 1 spiro atoms. The lowest BCUT2D eigenvalue weighted by atomic mass is 9.50. The predicted molar refractivity (Wildman–Crippen MR) is 132 cm³/mol. The molecule has 4 unspecified atom stereocenters. The first-order chi connectivity index (χ1) is 17.0. The van der Waals surface area contributed by atoms with Gasteiger partial charge in [-0.1, -0.05) is 24.3 Å². The van der Waals surface area contributed by atoms with Gasteiger partial charge in [0.25, 0.3) is 0 Å². The molecule has 4 aliphatic rings. The van der Waals surface area contributed by atoms with E-state index >= 15 is 0 Å². The Bertz CT molecular complexity index is 1190. The van der Waals surface area contributed by atoms with Crippen LogP contribution >= 0.6 is 0 Å². The molecule has 5 rings (SSSR count). The zero-order valence-corrected chi connectivity index (χ0v) is 21.4. The van der Waals surface area contributed by atoms with Crippen molar-refractivity contribution in [3.63, 3.8) is 0 Å². The molecule has 1 saturated heterocycles. The molecule has 192 valence electrons. The van der Waals surface area contributed by atoms with Crippen LogP contribution in [0, 0.1) is 0 Å². The Labute approximate surface area is 211 Å². The van der Waals surface area contributed by atoms with E-state index in [9.17, 15) is 14.7 Å². The fourth-order valence-electron chi connectivity index (χ4n) is 6.26. The minimum Gasteiger partial charge on any atom is -0.477 e. The van der Waals surface area contributed by atoms with E-state index in [1.54, 1.807) is 45.1 Å². The van der Waals surface area contributed by atoms with Gasteiger partial charge in [-0.05, 0) is 71.8 Å². The first kappa shape index (κ1) is 24.6. The highest BCUT2D eigenvalue weighted by atomic mass is 16.7. The molecule has 2 aliphatic carbocycles. The Morgan fingerprint density at radius 2 is 2.00 bits per heavy atom. The molecule has 0 radical (unpaired) electrons. The molecule has 4 atom stereocenters. The Kier molecular flexibility index (Phi) is 5.80. The predicted octanol–water partition coefficient (Wildman–Crippen LogP) is 3.95. The molecular formula is C28H33NO7. The highest BCUT2D eigenvalue weighted by Crippen LogP contribution is 2.65. The fraction of sp³-hybridized carbons (Fsp3) is 0.500. The first-order valence-electron chi connectivity index (χ1n) is 12.4. The Hall–Kier alpha value is -3.10. The van der Waals surface area contributed by atoms with Crippen molar-refractivity contribution in [1.82, 2.24) is 4.90 Å². The van der Waals surface area contributed by atoms with Gasteiger partial charge in [-0.3, -0.25) is 0 Å². The maximum absolute atomic E-state index is 12.6. The monoisotopic (exact) mass is 495 g/mol. The molecule has 0 amide bonds. The topological polar surface area (TPSA) is 94.5 Å². The molecule has 8 nitrogen and oxygen atoms in total. The second kappa shape index (κ2) is 8.49. The number of hydrogen-bond donors (Lipinski definition) is 1. The third kappa shape index (κ3) is 3.66. The third-order valence-electron chi connectivity index (χ3n) is 7.68. The Morgan fingerprint density at radius 3 is 2.72 bits per heavy atom. The maximum Gasteiger partial charge on any atom is 0.514 e. The lowest BCUT2D eigenvalue weighted by molar-refractivity contribution is -0.168. The van der Waals surface area contributed by atoms with E-state index in [1.165, 1.54) is 6.08 Å². The number of aliphatic hydroxyl groups is 1. The number of esters is 1. The van der Waals surface area contributed by atoms with Gasteiger partial charge in [-0.15, -0.1) is 0 Å². The summed E-state index contributed by atoms with van der Waals surface area (Å²) in [6.45, 7) is 7.89. The smallest absolute Gasteiger partial charge is 0.477 e. The number of hydrogen-bond acceptors (Lipinski definition) is 8. The molecule has 2 heterocycles. The van der Waals surface area contributed by atoms with Crippen LogP contribution in [-0.2, 0) is 26.1 Å². The number of nitrogens with zero attached hydrogens (tertiary/aromatic N) is 1. The standard InChI is InChI=1S/C28H33NO7/c1-6-7-8-9-21(30)33-19-12-13-28(32)20-16-17-10-11-18(34-25(31)36-26(2,3)4)23-22(17)27(28,24(19)35-23)14-15-29(20)5/h6-12,20,24,32H,13-16H2,1-5H3. The average Bonchev–Trinajstić information content (AvgIpc) is 3.14. The largest absolute Gasteiger partial charge is 0.514 e. The fourth-order valence-corrected chi connectivity index (χ4v) is 6.26. The average molecular weight is 496 g/mol. The van der Waals surface area contributed by atoms with Crippen molar-refractivity contribution < 1.29 is 33.6 Å². The number of rotatable bonds is 4. The number of ether oxygens (including phenoxy) is 4. The highest BCUT2D eigenvalue weighted by Gasteiger charge is 2.72. The van der Waals surface area contributed by atoms with Crippen LogP contribution in [0.4, 0.5) is 4.79 Å². The van der Waals surface area contributed by atoms with Gasteiger partial charge in [-0.2, -0.15) is 0 Å². The van der Waals surface area contributed by atoms with Crippen molar-refractivity contribution in [3.8, 4) is 11.5 Å². The lowest BCUT2D eigenvalue weighted by Gasteiger charge is -2.61. The van der Waals surface area contributed by atoms with Crippen LogP contribution in [0.3, 0.4) is 0 Å². The summed E-state index contributed by atoms with van der Waals surface area (Å²) in [5.41, 5.74) is -0.815. The summed E-state index contributed by atoms with van der Waals surface area (Å²) in [4.78, 5) is 27.3. The summed E-state index contributed by atoms with van der Waals surface area (Å²) >= 11 is 0. The van der Waals surface area contributed by atoms with Crippen LogP contribution in [0.2, 0.25) is 0 Å². The number of piperidine rings is 1. The van der Waals surface area contributed by atoms with Gasteiger partial charge in [-0.25, -0.2) is 9.59 Å². The van der Waals surface area contributed by atoms with Crippen LogP contribution < -0.4 is 9.47 Å². The van der Waals surface area contributed by atoms with Crippen molar-refractivity contribution in [3.05, 3.63) is 59.4 Å². The van der Waals surface area contributed by atoms with Crippen LogP contribution in [0.5, 0.6) is 11.5 Å². The quantitative estimate of drug-likeness (QED) is 0.290. The van der Waals surface area contributed by atoms with Crippen molar-refractivity contribution in [1.29, 1.82) is 0 Å². The van der Waals surface area contributed by atoms with Crippen LogP contribution in [0.1, 0.15) is 51.7 Å². The van der Waals surface area contributed by atoms with Crippen molar-refractivity contribution in [2.45, 2.75) is 75.7 Å². The molecule has 1 aromatic rings. The zero-order chi connectivity index (χ0) is 25.9. The number of carbonyl (C=O) groups excluding carboxylic acids is 2. The normalized spacial score (nSPS) is 30.6. The lowest BCUT2D eigenvalue weighted by Crippen LogP contribution is -2.74. The highest BCUT2D eigenvalue weighted by molar-refractivity contribution is 5.83. The SMILES string of the molecule is CC=CC=CC(=O)OC1=CCC2(O)C3Cc4ccc(OC(=O)OC(C)(C)C)c5c4C2(CCN3C)C1O5. The molecule has 2 aliphatic heterocycles. The van der Waals surface area contributed by atoms with Crippen molar-refractivity contribution >= 4 is 12.1 Å². The number of benzene rings is 1. The molecule has 0 aromatic heterocycles. The van der Waals surface area contributed by atoms with Crippen molar-refractivity contribution in [2.75, 3.05) is 13.6 Å². The van der Waals surface area contributed by atoms with Gasteiger partial charge in [0, 0.05) is 24.1 Å². The van der Waals surface area contributed by atoms with E-state index in [4.69, 9.17) is 18.9 Å². The van der Waals surface area contributed by atoms with E-state index in [0.29, 0.717) is 30.8 Å². The summed E-state index contributed by atoms with van der Waals surface area (Å²) in [5.74, 6) is 0.472. The molecular weight excluding hydrogens is 462 g/mol. The summed E-state index contributed by atoms with van der Waals surface area (Å²) in [6.07, 6.45) is 8.27. The minimum absolute atomic E-state index is 0.128. The van der Waals surface area contributed by atoms with Crippen LogP contribution in [0.25, 0.3) is 0 Å². The zero-order valence-electron chi connectivity index (χ0n) is 21.4. The number of carbonyl (C=O) groups is 2. The number of likely N-dealkylation sites (N-methyl/N-ethyl adjacent to an activating group) is 1. The minimum atomic E-state index is -1.13. The summed E-state index contributed by atoms with van der Waals surface area (Å²) < 4.78 is 23.2. The van der Waals surface area contributed by atoms with Gasteiger partial charge in [0.2, 0.25) is 0 Å². The molecule has 1 aromatic carbocycles. The molecule has 1 fully saturated rings. The Morgan fingerprint density at radius 1 is 1.22 bits per heavy atom. The second-order valence-corrected chi connectivity index (χ2v) is 11.0. The van der Waals surface area contributed by atoms with E-state index in [1.807, 2.05) is 26.1 Å². The number of likely N-dealkylation sites (tertiary alicyclic amines) is 1. The summed E-state index contributed by atoms with van der Waals surface area (Å²) in [5, 5.41) is 12.3. The Balaban J connectivity index is 1.58. The van der Waals surface area contributed by atoms with E-state index in [0.717, 1.165) is 17.7 Å².